The quantitative estimate of drug-likeness (QED) is 0.725. The van der Waals surface area contributed by atoms with Crippen LogP contribution in [0.25, 0.3) is 0 Å². The minimum atomic E-state index is -0.146. The van der Waals surface area contributed by atoms with Crippen LogP contribution in [0.2, 0.25) is 0 Å². The van der Waals surface area contributed by atoms with Crippen LogP contribution in [-0.2, 0) is 11.3 Å². The Morgan fingerprint density at radius 2 is 2.29 bits per heavy atom. The molecule has 0 aliphatic carbocycles. The maximum absolute atomic E-state index is 12.0. The first-order valence-corrected chi connectivity index (χ1v) is 6.63. The van der Waals surface area contributed by atoms with Gasteiger partial charge in [-0.3, -0.25) is 9.48 Å². The van der Waals surface area contributed by atoms with Gasteiger partial charge < -0.3 is 14.8 Å². The normalized spacial score (nSPS) is 10.3. The van der Waals surface area contributed by atoms with Gasteiger partial charge in [0, 0.05) is 25.4 Å². The molecule has 0 radical (unpaired) electrons. The third-order valence-corrected chi connectivity index (χ3v) is 2.75. The molecule has 1 aromatic carbocycles. The second-order valence-electron chi connectivity index (χ2n) is 4.29. The summed E-state index contributed by atoms with van der Waals surface area (Å²) in [5.41, 5.74) is 0.559. The van der Waals surface area contributed by atoms with Gasteiger partial charge in [-0.2, -0.15) is 0 Å². The molecule has 21 heavy (non-hydrogen) atoms. The van der Waals surface area contributed by atoms with E-state index in [1.807, 2.05) is 6.07 Å². The van der Waals surface area contributed by atoms with Crippen molar-refractivity contribution in [1.29, 1.82) is 0 Å². The van der Waals surface area contributed by atoms with Crippen LogP contribution in [0.5, 0.6) is 5.75 Å². The second kappa shape index (κ2) is 8.01. The Labute approximate surface area is 122 Å². The Morgan fingerprint density at radius 1 is 1.38 bits per heavy atom. The van der Waals surface area contributed by atoms with Crippen molar-refractivity contribution in [3.8, 4) is 5.75 Å². The second-order valence-corrected chi connectivity index (χ2v) is 4.29. The molecule has 0 saturated heterocycles. The van der Waals surface area contributed by atoms with Crippen molar-refractivity contribution >= 4 is 5.91 Å². The first-order chi connectivity index (χ1) is 10.3. The summed E-state index contributed by atoms with van der Waals surface area (Å²) in [6.45, 7) is 2.02. The zero-order chi connectivity index (χ0) is 14.9. The molecule has 112 valence electrons. The Morgan fingerprint density at radius 3 is 3.05 bits per heavy atom. The molecule has 2 aromatic rings. The molecule has 0 aliphatic rings. The lowest BCUT2D eigenvalue weighted by atomic mass is 10.2. The summed E-state index contributed by atoms with van der Waals surface area (Å²) < 4.78 is 12.0. The molecule has 2 rings (SSSR count). The Kier molecular flexibility index (Phi) is 5.71. The Balaban J connectivity index is 1.82. The standard InChI is InChI=1S/C14H18N4O3/c1-20-9-10-21-13-4-2-3-12(11-13)14(19)15-5-7-18-8-6-16-17-18/h2-4,6,8,11H,5,7,9-10H2,1H3,(H,15,19). The van der Waals surface area contributed by atoms with Crippen LogP contribution in [0, 0.1) is 0 Å². The first kappa shape index (κ1) is 15.0. The molecule has 1 N–H and O–H groups in total. The van der Waals surface area contributed by atoms with E-state index in [0.717, 1.165) is 0 Å². The fourth-order valence-electron chi connectivity index (χ4n) is 1.71. The molecule has 7 heteroatoms. The minimum absolute atomic E-state index is 0.146. The lowest BCUT2D eigenvalue weighted by molar-refractivity contribution is 0.0951. The summed E-state index contributed by atoms with van der Waals surface area (Å²) in [5.74, 6) is 0.503. The van der Waals surface area contributed by atoms with E-state index in [1.165, 1.54) is 0 Å². The van der Waals surface area contributed by atoms with Crippen LogP contribution < -0.4 is 10.1 Å². The number of benzene rings is 1. The summed E-state index contributed by atoms with van der Waals surface area (Å²) in [6, 6.07) is 7.05. The van der Waals surface area contributed by atoms with Crippen molar-refractivity contribution in [2.45, 2.75) is 6.54 Å². The molecule has 0 aliphatic heterocycles. The number of carbonyl (C=O) groups excluding carboxylic acids is 1. The molecular formula is C14H18N4O3. The van der Waals surface area contributed by atoms with Gasteiger partial charge in [-0.05, 0) is 18.2 Å². The van der Waals surface area contributed by atoms with E-state index < -0.39 is 0 Å². The summed E-state index contributed by atoms with van der Waals surface area (Å²) in [4.78, 5) is 12.0. The van der Waals surface area contributed by atoms with E-state index in [-0.39, 0.29) is 5.91 Å². The van der Waals surface area contributed by atoms with Gasteiger partial charge in [-0.25, -0.2) is 0 Å². The maximum Gasteiger partial charge on any atom is 0.251 e. The van der Waals surface area contributed by atoms with Crippen LogP contribution in [0.4, 0.5) is 0 Å². The van der Waals surface area contributed by atoms with E-state index in [2.05, 4.69) is 15.6 Å². The molecule has 0 bridgehead atoms. The van der Waals surface area contributed by atoms with Gasteiger partial charge in [-0.15, -0.1) is 5.10 Å². The lowest BCUT2D eigenvalue weighted by Gasteiger charge is -2.08. The minimum Gasteiger partial charge on any atom is -0.491 e. The van der Waals surface area contributed by atoms with Crippen molar-refractivity contribution in [2.75, 3.05) is 26.9 Å². The number of nitrogens with zero attached hydrogens (tertiary/aromatic N) is 3. The number of hydrogen-bond donors (Lipinski definition) is 1. The molecule has 0 unspecified atom stereocenters. The number of ether oxygens (including phenoxy) is 2. The van der Waals surface area contributed by atoms with Gasteiger partial charge in [0.1, 0.15) is 12.4 Å². The molecule has 0 fully saturated rings. The van der Waals surface area contributed by atoms with Crippen LogP contribution in [-0.4, -0.2) is 47.8 Å². The summed E-state index contributed by atoms with van der Waals surface area (Å²) >= 11 is 0. The van der Waals surface area contributed by atoms with Crippen molar-refractivity contribution in [3.63, 3.8) is 0 Å². The number of amides is 1. The summed E-state index contributed by atoms with van der Waals surface area (Å²) in [6.07, 6.45) is 3.35. The smallest absolute Gasteiger partial charge is 0.251 e. The summed E-state index contributed by atoms with van der Waals surface area (Å²) in [5, 5.41) is 10.3. The number of nitrogens with one attached hydrogen (secondary N) is 1. The highest BCUT2D eigenvalue weighted by molar-refractivity contribution is 5.94. The molecular weight excluding hydrogens is 272 g/mol. The first-order valence-electron chi connectivity index (χ1n) is 6.63. The number of carbonyl (C=O) groups is 1. The van der Waals surface area contributed by atoms with Gasteiger partial charge in [0.15, 0.2) is 0 Å². The average Bonchev–Trinajstić information content (AvgIpc) is 3.01. The van der Waals surface area contributed by atoms with Crippen LogP contribution in [0.3, 0.4) is 0 Å². The van der Waals surface area contributed by atoms with E-state index in [9.17, 15) is 4.79 Å². The van der Waals surface area contributed by atoms with Crippen molar-refractivity contribution in [2.24, 2.45) is 0 Å². The number of rotatable bonds is 8. The topological polar surface area (TPSA) is 78.3 Å². The highest BCUT2D eigenvalue weighted by Gasteiger charge is 2.06. The van der Waals surface area contributed by atoms with E-state index in [1.54, 1.807) is 42.4 Å². The van der Waals surface area contributed by atoms with Crippen LogP contribution in [0.1, 0.15) is 10.4 Å². The SMILES string of the molecule is COCCOc1cccc(C(=O)NCCn2ccnn2)c1. The predicted octanol–water partition coefficient (Wildman–Crippen LogP) is 0.733. The number of hydrogen-bond acceptors (Lipinski definition) is 5. The van der Waals surface area contributed by atoms with Crippen LogP contribution >= 0.6 is 0 Å². The van der Waals surface area contributed by atoms with Crippen molar-refractivity contribution < 1.29 is 14.3 Å². The van der Waals surface area contributed by atoms with Gasteiger partial charge in [-0.1, -0.05) is 11.3 Å². The van der Waals surface area contributed by atoms with Crippen LogP contribution in [0.15, 0.2) is 36.7 Å². The van der Waals surface area contributed by atoms with E-state index in [4.69, 9.17) is 9.47 Å². The fraction of sp³-hybridized carbons (Fsp3) is 0.357. The lowest BCUT2D eigenvalue weighted by Crippen LogP contribution is -2.27. The monoisotopic (exact) mass is 290 g/mol. The average molecular weight is 290 g/mol. The highest BCUT2D eigenvalue weighted by atomic mass is 16.5. The fourth-order valence-corrected chi connectivity index (χ4v) is 1.71. The molecule has 7 nitrogen and oxygen atoms in total. The zero-order valence-corrected chi connectivity index (χ0v) is 11.9. The molecule has 0 saturated carbocycles. The molecule has 1 heterocycles. The Hall–Kier alpha value is -2.41. The maximum atomic E-state index is 12.0. The van der Waals surface area contributed by atoms with Gasteiger partial charge in [0.05, 0.1) is 19.3 Å². The van der Waals surface area contributed by atoms with Crippen molar-refractivity contribution in [3.05, 3.63) is 42.2 Å². The third kappa shape index (κ3) is 4.88. The van der Waals surface area contributed by atoms with Gasteiger partial charge in [0.25, 0.3) is 5.91 Å². The number of methoxy groups -OCH3 is 1. The molecule has 1 aromatic heterocycles. The summed E-state index contributed by atoms with van der Waals surface area (Å²) in [7, 11) is 1.61. The largest absolute Gasteiger partial charge is 0.491 e. The van der Waals surface area contributed by atoms with Crippen molar-refractivity contribution in [1.82, 2.24) is 20.3 Å². The third-order valence-electron chi connectivity index (χ3n) is 2.75. The van der Waals surface area contributed by atoms with Gasteiger partial charge in [0.2, 0.25) is 0 Å². The highest BCUT2D eigenvalue weighted by Crippen LogP contribution is 2.13. The van der Waals surface area contributed by atoms with E-state index >= 15 is 0 Å². The molecule has 0 atom stereocenters. The number of aromatic nitrogens is 3. The molecule has 0 spiro atoms. The zero-order valence-electron chi connectivity index (χ0n) is 11.9. The van der Waals surface area contributed by atoms with Gasteiger partial charge >= 0.3 is 0 Å². The molecule has 1 amide bonds. The predicted molar refractivity (Wildman–Crippen MR) is 76.2 cm³/mol. The van der Waals surface area contributed by atoms with E-state index in [0.29, 0.717) is 37.6 Å². The Bertz CT molecular complexity index is 557.